The van der Waals surface area contributed by atoms with Crippen LogP contribution in [0.2, 0.25) is 0 Å². The van der Waals surface area contributed by atoms with Crippen molar-refractivity contribution in [1.29, 1.82) is 0 Å². The van der Waals surface area contributed by atoms with Gasteiger partial charge in [0.05, 0.1) is 20.8 Å². The summed E-state index contributed by atoms with van der Waals surface area (Å²) in [7, 11) is 2.41. The number of benzene rings is 1. The van der Waals surface area contributed by atoms with E-state index in [1.807, 2.05) is 6.92 Å². The van der Waals surface area contributed by atoms with Gasteiger partial charge in [-0.2, -0.15) is 0 Å². The van der Waals surface area contributed by atoms with Crippen molar-refractivity contribution in [3.8, 4) is 5.75 Å². The Morgan fingerprint density at radius 3 is 2.00 bits per heavy atom. The molecule has 0 aliphatic carbocycles. The number of hydrogen-bond acceptors (Lipinski definition) is 5. The first-order chi connectivity index (χ1) is 9.12. The average Bonchev–Trinajstić information content (AvgIpc) is 2.45. The maximum absolute atomic E-state index is 11.5. The van der Waals surface area contributed by atoms with Crippen molar-refractivity contribution in [2.24, 2.45) is 0 Å². The molecule has 1 aromatic carbocycles. The average molecular weight is 264 g/mol. The van der Waals surface area contributed by atoms with Crippen LogP contribution >= 0.6 is 0 Å². The number of carbonyl (C=O) groups is 2. The topological polar surface area (TPSA) is 61.8 Å². The largest absolute Gasteiger partial charge is 0.494 e. The zero-order chi connectivity index (χ0) is 14.3. The molecule has 0 atom stereocenters. The normalized spacial score (nSPS) is 9.42. The van der Waals surface area contributed by atoms with Crippen molar-refractivity contribution in [2.75, 3.05) is 20.8 Å². The van der Waals surface area contributed by atoms with Gasteiger partial charge < -0.3 is 14.2 Å². The fraction of sp³-hybridized carbons (Fsp3) is 0.286. The summed E-state index contributed by atoms with van der Waals surface area (Å²) in [5, 5.41) is 0. The molecule has 0 amide bonds. The van der Waals surface area contributed by atoms with Gasteiger partial charge in [0.1, 0.15) is 11.3 Å². The van der Waals surface area contributed by atoms with E-state index < -0.39 is 11.9 Å². The van der Waals surface area contributed by atoms with Gasteiger partial charge in [-0.3, -0.25) is 0 Å². The van der Waals surface area contributed by atoms with Crippen molar-refractivity contribution in [2.45, 2.75) is 6.92 Å². The molecule has 0 bridgehead atoms. The highest BCUT2D eigenvalue weighted by atomic mass is 16.5. The maximum atomic E-state index is 11.5. The molecule has 5 nitrogen and oxygen atoms in total. The van der Waals surface area contributed by atoms with E-state index in [1.165, 1.54) is 20.3 Å². The van der Waals surface area contributed by atoms with E-state index >= 15 is 0 Å². The molecule has 0 aliphatic rings. The summed E-state index contributed by atoms with van der Waals surface area (Å²) in [5.41, 5.74) is 0.517. The fourth-order valence-electron chi connectivity index (χ4n) is 1.41. The van der Waals surface area contributed by atoms with Gasteiger partial charge in [-0.25, -0.2) is 9.59 Å². The van der Waals surface area contributed by atoms with Crippen LogP contribution in [-0.2, 0) is 19.1 Å². The third-order valence-electron chi connectivity index (χ3n) is 2.31. The van der Waals surface area contributed by atoms with E-state index in [0.29, 0.717) is 12.2 Å². The number of methoxy groups -OCH3 is 2. The van der Waals surface area contributed by atoms with Crippen molar-refractivity contribution in [1.82, 2.24) is 0 Å². The Morgan fingerprint density at radius 1 is 1.05 bits per heavy atom. The first-order valence-electron chi connectivity index (χ1n) is 5.73. The molecule has 0 spiro atoms. The highest BCUT2D eigenvalue weighted by Crippen LogP contribution is 2.15. The smallest absolute Gasteiger partial charge is 0.345 e. The molecule has 102 valence electrons. The van der Waals surface area contributed by atoms with Gasteiger partial charge in [0, 0.05) is 0 Å². The maximum Gasteiger partial charge on any atom is 0.345 e. The molecule has 19 heavy (non-hydrogen) atoms. The lowest BCUT2D eigenvalue weighted by molar-refractivity contribution is -0.143. The quantitative estimate of drug-likeness (QED) is 0.351. The van der Waals surface area contributed by atoms with E-state index in [1.54, 1.807) is 24.3 Å². The molecule has 5 heteroatoms. The predicted molar refractivity (Wildman–Crippen MR) is 69.6 cm³/mol. The second kappa shape index (κ2) is 7.20. The second-order valence-corrected chi connectivity index (χ2v) is 3.54. The fourth-order valence-corrected chi connectivity index (χ4v) is 1.41. The van der Waals surface area contributed by atoms with Crippen molar-refractivity contribution in [3.05, 3.63) is 35.4 Å². The lowest BCUT2D eigenvalue weighted by atomic mass is 10.1. The van der Waals surface area contributed by atoms with E-state index in [0.717, 1.165) is 5.75 Å². The molecule has 1 rings (SSSR count). The van der Waals surface area contributed by atoms with Crippen LogP contribution in [0.4, 0.5) is 0 Å². The predicted octanol–water partition coefficient (Wildman–Crippen LogP) is 1.81. The molecule has 0 aliphatic heterocycles. The van der Waals surface area contributed by atoms with Gasteiger partial charge in [0.25, 0.3) is 0 Å². The van der Waals surface area contributed by atoms with Crippen LogP contribution in [0.3, 0.4) is 0 Å². The SMILES string of the molecule is CCOc1ccc(C=C(C(=O)OC)C(=O)OC)cc1. The van der Waals surface area contributed by atoms with Crippen LogP contribution in [0.15, 0.2) is 29.8 Å². The van der Waals surface area contributed by atoms with Gasteiger partial charge in [-0.15, -0.1) is 0 Å². The van der Waals surface area contributed by atoms with Crippen LogP contribution in [0.1, 0.15) is 12.5 Å². The molecule has 0 saturated carbocycles. The van der Waals surface area contributed by atoms with Gasteiger partial charge in [-0.05, 0) is 30.7 Å². The Hall–Kier alpha value is -2.30. The summed E-state index contributed by atoms with van der Waals surface area (Å²) < 4.78 is 14.4. The molecule has 0 N–H and O–H groups in total. The second-order valence-electron chi connectivity index (χ2n) is 3.54. The lowest BCUT2D eigenvalue weighted by Crippen LogP contribution is -2.15. The minimum Gasteiger partial charge on any atom is -0.494 e. The van der Waals surface area contributed by atoms with Gasteiger partial charge in [0.2, 0.25) is 0 Å². The summed E-state index contributed by atoms with van der Waals surface area (Å²) in [4.78, 5) is 22.9. The van der Waals surface area contributed by atoms with Gasteiger partial charge >= 0.3 is 11.9 Å². The number of ether oxygens (including phenoxy) is 3. The van der Waals surface area contributed by atoms with Crippen LogP contribution in [-0.4, -0.2) is 32.8 Å². The summed E-state index contributed by atoms with van der Waals surface area (Å²) in [6, 6.07) is 6.97. The first kappa shape index (κ1) is 14.8. The highest BCUT2D eigenvalue weighted by molar-refractivity contribution is 6.17. The summed E-state index contributed by atoms with van der Waals surface area (Å²) >= 11 is 0. The third-order valence-corrected chi connectivity index (χ3v) is 2.31. The van der Waals surface area contributed by atoms with Crippen LogP contribution < -0.4 is 4.74 Å². The van der Waals surface area contributed by atoms with Gasteiger partial charge in [-0.1, -0.05) is 12.1 Å². The third kappa shape index (κ3) is 4.13. The minimum atomic E-state index is -0.735. The van der Waals surface area contributed by atoms with Crippen molar-refractivity contribution < 1.29 is 23.8 Å². The van der Waals surface area contributed by atoms with Crippen molar-refractivity contribution in [3.63, 3.8) is 0 Å². The lowest BCUT2D eigenvalue weighted by Gasteiger charge is -2.05. The Labute approximate surface area is 111 Å². The van der Waals surface area contributed by atoms with Crippen molar-refractivity contribution >= 4 is 18.0 Å². The molecule has 0 unspecified atom stereocenters. The van der Waals surface area contributed by atoms with E-state index in [4.69, 9.17) is 4.74 Å². The van der Waals surface area contributed by atoms with Crippen LogP contribution in [0.5, 0.6) is 5.75 Å². The van der Waals surface area contributed by atoms with E-state index in [-0.39, 0.29) is 5.57 Å². The van der Waals surface area contributed by atoms with Gasteiger partial charge in [0.15, 0.2) is 0 Å². The minimum absolute atomic E-state index is 0.158. The molecular weight excluding hydrogens is 248 g/mol. The highest BCUT2D eigenvalue weighted by Gasteiger charge is 2.19. The number of hydrogen-bond donors (Lipinski definition) is 0. The zero-order valence-electron chi connectivity index (χ0n) is 11.1. The summed E-state index contributed by atoms with van der Waals surface area (Å²) in [6.45, 7) is 2.46. The van der Waals surface area contributed by atoms with E-state index in [9.17, 15) is 9.59 Å². The molecule has 0 aromatic heterocycles. The van der Waals surface area contributed by atoms with E-state index in [2.05, 4.69) is 9.47 Å². The Balaban J connectivity index is 3.01. The molecule has 0 heterocycles. The number of rotatable bonds is 5. The van der Waals surface area contributed by atoms with Crippen LogP contribution in [0.25, 0.3) is 6.08 Å². The Kier molecular flexibility index (Phi) is 5.60. The summed E-state index contributed by atoms with van der Waals surface area (Å²) in [6.07, 6.45) is 1.41. The molecule has 1 aromatic rings. The number of carbonyl (C=O) groups excluding carboxylic acids is 2. The molecule has 0 fully saturated rings. The molecule has 0 saturated heterocycles. The Bertz CT molecular complexity index is 455. The van der Waals surface area contributed by atoms with Crippen LogP contribution in [0, 0.1) is 0 Å². The number of esters is 2. The zero-order valence-corrected chi connectivity index (χ0v) is 11.1. The first-order valence-corrected chi connectivity index (χ1v) is 5.73. The molecule has 0 radical (unpaired) electrons. The Morgan fingerprint density at radius 2 is 1.58 bits per heavy atom. The summed E-state index contributed by atoms with van der Waals surface area (Å²) in [5.74, 6) is -0.751. The molecular formula is C14H16O5. The standard InChI is InChI=1S/C14H16O5/c1-4-19-11-7-5-10(6-8-11)9-12(13(15)17-2)14(16)18-3/h5-9H,4H2,1-3H3. The monoisotopic (exact) mass is 264 g/mol.